The van der Waals surface area contributed by atoms with Crippen LogP contribution in [0.25, 0.3) is 0 Å². The van der Waals surface area contributed by atoms with Gasteiger partial charge < -0.3 is 20.1 Å². The quantitative estimate of drug-likeness (QED) is 0.685. The highest BCUT2D eigenvalue weighted by molar-refractivity contribution is 5.28. The Morgan fingerprint density at radius 1 is 1.24 bits per heavy atom. The minimum Gasteiger partial charge on any atom is -0.494 e. The van der Waals surface area contributed by atoms with Gasteiger partial charge in [0.25, 0.3) is 0 Å². The van der Waals surface area contributed by atoms with Gasteiger partial charge in [0.05, 0.1) is 12.7 Å². The Morgan fingerprint density at radius 3 is 2.62 bits per heavy atom. The van der Waals surface area contributed by atoms with E-state index in [4.69, 9.17) is 4.74 Å². The van der Waals surface area contributed by atoms with Crippen LogP contribution in [0.1, 0.15) is 37.4 Å². The fraction of sp³-hybridized carbons (Fsp3) is 0.647. The number of nitrogens with zero attached hydrogens (tertiary/aromatic N) is 1. The molecule has 1 aromatic rings. The fourth-order valence-electron chi connectivity index (χ4n) is 2.72. The lowest BCUT2D eigenvalue weighted by atomic mass is 10.1. The maximum atomic E-state index is 9.99. The second kappa shape index (κ2) is 9.03. The van der Waals surface area contributed by atoms with Crippen molar-refractivity contribution in [1.82, 2.24) is 10.2 Å². The van der Waals surface area contributed by atoms with Crippen molar-refractivity contribution in [3.05, 3.63) is 29.8 Å². The summed E-state index contributed by atoms with van der Waals surface area (Å²) in [5, 5.41) is 13.0. The lowest BCUT2D eigenvalue weighted by molar-refractivity contribution is 0.167. The van der Waals surface area contributed by atoms with Gasteiger partial charge in [-0.2, -0.15) is 0 Å². The Labute approximate surface area is 128 Å². The third-order valence-electron chi connectivity index (χ3n) is 4.02. The van der Waals surface area contributed by atoms with E-state index in [-0.39, 0.29) is 0 Å². The molecule has 1 aliphatic heterocycles. The van der Waals surface area contributed by atoms with E-state index >= 15 is 0 Å². The molecule has 1 aromatic carbocycles. The van der Waals surface area contributed by atoms with Crippen molar-refractivity contribution in [2.45, 2.75) is 31.8 Å². The normalized spacial score (nSPS) is 17.0. The van der Waals surface area contributed by atoms with Gasteiger partial charge in [-0.3, -0.25) is 0 Å². The largest absolute Gasteiger partial charge is 0.494 e. The van der Waals surface area contributed by atoms with Gasteiger partial charge in [-0.15, -0.1) is 0 Å². The van der Waals surface area contributed by atoms with Gasteiger partial charge in [0.2, 0.25) is 0 Å². The predicted molar refractivity (Wildman–Crippen MR) is 85.7 cm³/mol. The molecule has 1 saturated heterocycles. The topological polar surface area (TPSA) is 44.7 Å². The zero-order valence-corrected chi connectivity index (χ0v) is 13.1. The van der Waals surface area contributed by atoms with Crippen LogP contribution in [0.5, 0.6) is 5.75 Å². The maximum Gasteiger partial charge on any atom is 0.119 e. The Bertz CT molecular complexity index is 388. The molecule has 0 aromatic heterocycles. The second-order valence-electron chi connectivity index (χ2n) is 5.73. The van der Waals surface area contributed by atoms with E-state index in [1.165, 1.54) is 25.9 Å². The van der Waals surface area contributed by atoms with Gasteiger partial charge in [0, 0.05) is 6.54 Å². The smallest absolute Gasteiger partial charge is 0.119 e. The van der Waals surface area contributed by atoms with Gasteiger partial charge in [-0.1, -0.05) is 12.1 Å². The minimum atomic E-state index is -0.401. The molecular formula is C17H28N2O2. The Morgan fingerprint density at radius 2 is 1.95 bits per heavy atom. The van der Waals surface area contributed by atoms with E-state index in [0.29, 0.717) is 0 Å². The summed E-state index contributed by atoms with van der Waals surface area (Å²) < 4.78 is 5.76. The van der Waals surface area contributed by atoms with Crippen molar-refractivity contribution in [1.29, 1.82) is 0 Å². The molecular weight excluding hydrogens is 264 g/mol. The van der Waals surface area contributed by atoms with Gasteiger partial charge in [0.1, 0.15) is 5.75 Å². The van der Waals surface area contributed by atoms with E-state index in [1.807, 2.05) is 31.3 Å². The van der Waals surface area contributed by atoms with Crippen molar-refractivity contribution in [2.24, 2.45) is 0 Å². The highest BCUT2D eigenvalue weighted by atomic mass is 16.5. The first kappa shape index (κ1) is 16.3. The molecule has 1 unspecified atom stereocenters. The van der Waals surface area contributed by atoms with Gasteiger partial charge in [0.15, 0.2) is 0 Å². The van der Waals surface area contributed by atoms with Gasteiger partial charge >= 0.3 is 0 Å². The van der Waals surface area contributed by atoms with Gasteiger partial charge in [-0.05, 0) is 70.1 Å². The van der Waals surface area contributed by atoms with Crippen LogP contribution in [-0.2, 0) is 0 Å². The standard InChI is InChI=1S/C17H28N2O2/c1-18-10-9-17(20)15-5-7-16(8-6-15)21-14-4-13-19-11-2-3-12-19/h5-8,17-18,20H,2-4,9-14H2,1H3. The van der Waals surface area contributed by atoms with Crippen LogP contribution in [-0.4, -0.2) is 49.8 Å². The van der Waals surface area contributed by atoms with Crippen molar-refractivity contribution in [3.8, 4) is 5.75 Å². The maximum absolute atomic E-state index is 9.99. The summed E-state index contributed by atoms with van der Waals surface area (Å²) in [6, 6.07) is 7.81. The number of aliphatic hydroxyl groups is 1. The summed E-state index contributed by atoms with van der Waals surface area (Å²) in [6.45, 7) is 5.22. The molecule has 4 nitrogen and oxygen atoms in total. The molecule has 0 radical (unpaired) electrons. The van der Waals surface area contributed by atoms with Crippen molar-refractivity contribution in [2.75, 3.05) is 39.8 Å². The van der Waals surface area contributed by atoms with Gasteiger partial charge in [-0.25, -0.2) is 0 Å². The number of aliphatic hydroxyl groups excluding tert-OH is 1. The first-order chi connectivity index (χ1) is 10.3. The molecule has 0 saturated carbocycles. The molecule has 2 rings (SSSR count). The molecule has 0 aliphatic carbocycles. The third-order valence-corrected chi connectivity index (χ3v) is 4.02. The van der Waals surface area contributed by atoms with Crippen LogP contribution in [0, 0.1) is 0 Å². The molecule has 0 amide bonds. The molecule has 0 bridgehead atoms. The van der Waals surface area contributed by atoms with E-state index < -0.39 is 6.10 Å². The lowest BCUT2D eigenvalue weighted by Gasteiger charge is -2.15. The van der Waals surface area contributed by atoms with Crippen LogP contribution >= 0.6 is 0 Å². The lowest BCUT2D eigenvalue weighted by Crippen LogP contribution is -2.21. The highest BCUT2D eigenvalue weighted by Crippen LogP contribution is 2.20. The summed E-state index contributed by atoms with van der Waals surface area (Å²) >= 11 is 0. The first-order valence-corrected chi connectivity index (χ1v) is 8.07. The molecule has 1 fully saturated rings. The number of likely N-dealkylation sites (tertiary alicyclic amines) is 1. The SMILES string of the molecule is CNCCC(O)c1ccc(OCCCN2CCCC2)cc1. The molecule has 1 atom stereocenters. The summed E-state index contributed by atoms with van der Waals surface area (Å²) in [7, 11) is 1.89. The minimum absolute atomic E-state index is 0.401. The summed E-state index contributed by atoms with van der Waals surface area (Å²) in [6.07, 6.45) is 4.09. The van der Waals surface area contributed by atoms with Crippen molar-refractivity contribution >= 4 is 0 Å². The molecule has 0 spiro atoms. The Kier molecular flexibility index (Phi) is 7.00. The van der Waals surface area contributed by atoms with Crippen molar-refractivity contribution < 1.29 is 9.84 Å². The molecule has 118 valence electrons. The fourth-order valence-corrected chi connectivity index (χ4v) is 2.72. The van der Waals surface area contributed by atoms with Crippen LogP contribution in [0.2, 0.25) is 0 Å². The van der Waals surface area contributed by atoms with Crippen LogP contribution in [0.15, 0.2) is 24.3 Å². The zero-order chi connectivity index (χ0) is 14.9. The van der Waals surface area contributed by atoms with Crippen molar-refractivity contribution in [3.63, 3.8) is 0 Å². The summed E-state index contributed by atoms with van der Waals surface area (Å²) in [4.78, 5) is 2.50. The third kappa shape index (κ3) is 5.65. The predicted octanol–water partition coefficient (Wildman–Crippen LogP) is 2.19. The second-order valence-corrected chi connectivity index (χ2v) is 5.73. The van der Waals surface area contributed by atoms with Crippen LogP contribution in [0.3, 0.4) is 0 Å². The number of nitrogens with one attached hydrogen (secondary N) is 1. The zero-order valence-electron chi connectivity index (χ0n) is 13.1. The molecule has 21 heavy (non-hydrogen) atoms. The number of benzene rings is 1. The van der Waals surface area contributed by atoms with Crippen LogP contribution < -0.4 is 10.1 Å². The Balaban J connectivity index is 1.66. The van der Waals surface area contributed by atoms with E-state index in [1.54, 1.807) is 0 Å². The highest BCUT2D eigenvalue weighted by Gasteiger charge is 2.10. The molecule has 2 N–H and O–H groups in total. The monoisotopic (exact) mass is 292 g/mol. The Hall–Kier alpha value is -1.10. The number of rotatable bonds is 9. The molecule has 4 heteroatoms. The van der Waals surface area contributed by atoms with Crippen LogP contribution in [0.4, 0.5) is 0 Å². The van der Waals surface area contributed by atoms with E-state index in [9.17, 15) is 5.11 Å². The first-order valence-electron chi connectivity index (χ1n) is 8.07. The summed E-state index contributed by atoms with van der Waals surface area (Å²) in [5.41, 5.74) is 0.953. The van der Waals surface area contributed by atoms with E-state index in [0.717, 1.165) is 43.9 Å². The van der Waals surface area contributed by atoms with E-state index in [2.05, 4.69) is 10.2 Å². The summed E-state index contributed by atoms with van der Waals surface area (Å²) in [5.74, 6) is 0.890. The number of hydrogen-bond acceptors (Lipinski definition) is 4. The number of ether oxygens (including phenoxy) is 1. The average Bonchev–Trinajstić information content (AvgIpc) is 3.03. The molecule has 1 aliphatic rings. The average molecular weight is 292 g/mol. The molecule has 1 heterocycles. The number of hydrogen-bond donors (Lipinski definition) is 2.